The van der Waals surface area contributed by atoms with E-state index in [-0.39, 0.29) is 0 Å². The molecular formula is C11H16N2. The summed E-state index contributed by atoms with van der Waals surface area (Å²) >= 11 is 0. The van der Waals surface area contributed by atoms with Gasteiger partial charge in [0.15, 0.2) is 0 Å². The van der Waals surface area contributed by atoms with Gasteiger partial charge in [0.05, 0.1) is 0 Å². The second-order valence-electron chi connectivity index (χ2n) is 4.21. The van der Waals surface area contributed by atoms with Crippen LogP contribution in [0.2, 0.25) is 0 Å². The SMILES string of the molecule is CC(C)=C1C(=N)NC=C1CC1CC1. The lowest BCUT2D eigenvalue weighted by molar-refractivity contribution is 0.831. The number of rotatable bonds is 2. The van der Waals surface area contributed by atoms with Gasteiger partial charge < -0.3 is 5.32 Å². The number of hydrogen-bond donors (Lipinski definition) is 2. The Balaban J connectivity index is 2.17. The van der Waals surface area contributed by atoms with E-state index in [1.54, 1.807) is 0 Å². The van der Waals surface area contributed by atoms with E-state index in [0.29, 0.717) is 5.84 Å². The Kier molecular flexibility index (Phi) is 1.98. The lowest BCUT2D eigenvalue weighted by Gasteiger charge is -2.05. The Bertz CT molecular complexity index is 302. The second kappa shape index (κ2) is 3.02. The molecule has 1 saturated carbocycles. The molecule has 0 amide bonds. The first kappa shape index (κ1) is 8.54. The van der Waals surface area contributed by atoms with Crippen molar-refractivity contribution in [2.24, 2.45) is 5.92 Å². The molecule has 0 atom stereocenters. The van der Waals surface area contributed by atoms with Crippen LogP contribution in [0.5, 0.6) is 0 Å². The van der Waals surface area contributed by atoms with Crippen LogP contribution in [0.15, 0.2) is 22.9 Å². The van der Waals surface area contributed by atoms with Gasteiger partial charge in [-0.15, -0.1) is 0 Å². The Morgan fingerprint density at radius 1 is 1.54 bits per heavy atom. The molecule has 2 heteroatoms. The molecule has 1 aliphatic heterocycles. The molecule has 2 N–H and O–H groups in total. The summed E-state index contributed by atoms with van der Waals surface area (Å²) in [5.41, 5.74) is 3.74. The van der Waals surface area contributed by atoms with Crippen molar-refractivity contribution in [1.29, 1.82) is 5.41 Å². The summed E-state index contributed by atoms with van der Waals surface area (Å²) in [5, 5.41) is 10.7. The minimum Gasteiger partial charge on any atom is -0.346 e. The normalized spacial score (nSPS) is 21.5. The van der Waals surface area contributed by atoms with Gasteiger partial charge in [-0.05, 0) is 44.6 Å². The highest BCUT2D eigenvalue weighted by Gasteiger charge is 2.27. The Morgan fingerprint density at radius 3 is 2.77 bits per heavy atom. The van der Waals surface area contributed by atoms with Crippen LogP contribution < -0.4 is 5.32 Å². The lowest BCUT2D eigenvalue weighted by atomic mass is 9.99. The van der Waals surface area contributed by atoms with Gasteiger partial charge in [0.25, 0.3) is 0 Å². The first-order valence-electron chi connectivity index (χ1n) is 4.91. The predicted molar refractivity (Wildman–Crippen MR) is 54.7 cm³/mol. The molecule has 0 saturated heterocycles. The maximum atomic E-state index is 7.71. The molecule has 1 heterocycles. The van der Waals surface area contributed by atoms with Crippen LogP contribution >= 0.6 is 0 Å². The van der Waals surface area contributed by atoms with Crippen LogP contribution in [0, 0.1) is 11.3 Å². The van der Waals surface area contributed by atoms with Crippen LogP contribution in [0.4, 0.5) is 0 Å². The summed E-state index contributed by atoms with van der Waals surface area (Å²) in [6, 6.07) is 0. The molecule has 70 valence electrons. The summed E-state index contributed by atoms with van der Waals surface area (Å²) in [6.07, 6.45) is 5.92. The minimum absolute atomic E-state index is 0.579. The number of allylic oxidation sites excluding steroid dienone is 1. The van der Waals surface area contributed by atoms with Gasteiger partial charge in [0, 0.05) is 11.8 Å². The monoisotopic (exact) mass is 176 g/mol. The van der Waals surface area contributed by atoms with E-state index in [1.807, 2.05) is 6.20 Å². The molecular weight excluding hydrogens is 160 g/mol. The van der Waals surface area contributed by atoms with Crippen LogP contribution in [0.3, 0.4) is 0 Å². The quantitative estimate of drug-likeness (QED) is 0.666. The third-order valence-corrected chi connectivity index (χ3v) is 2.67. The summed E-state index contributed by atoms with van der Waals surface area (Å²) in [5.74, 6) is 1.48. The molecule has 0 bridgehead atoms. The molecule has 0 aromatic rings. The summed E-state index contributed by atoms with van der Waals surface area (Å²) in [7, 11) is 0. The van der Waals surface area contributed by atoms with Crippen LogP contribution in [0.1, 0.15) is 33.1 Å². The molecule has 2 aliphatic rings. The molecule has 0 aromatic carbocycles. The zero-order chi connectivity index (χ0) is 9.42. The molecule has 2 rings (SSSR count). The molecule has 1 aliphatic carbocycles. The topological polar surface area (TPSA) is 35.9 Å². The van der Waals surface area contributed by atoms with E-state index >= 15 is 0 Å². The smallest absolute Gasteiger partial charge is 0.129 e. The summed E-state index contributed by atoms with van der Waals surface area (Å²) in [4.78, 5) is 0. The van der Waals surface area contributed by atoms with E-state index in [2.05, 4.69) is 19.2 Å². The number of hydrogen-bond acceptors (Lipinski definition) is 1. The van der Waals surface area contributed by atoms with Gasteiger partial charge in [-0.2, -0.15) is 0 Å². The van der Waals surface area contributed by atoms with Crippen molar-refractivity contribution in [3.05, 3.63) is 22.9 Å². The van der Waals surface area contributed by atoms with Gasteiger partial charge in [0.1, 0.15) is 5.84 Å². The second-order valence-corrected chi connectivity index (χ2v) is 4.21. The highest BCUT2D eigenvalue weighted by molar-refractivity contribution is 6.04. The van der Waals surface area contributed by atoms with E-state index in [4.69, 9.17) is 5.41 Å². The largest absolute Gasteiger partial charge is 0.346 e. The third-order valence-electron chi connectivity index (χ3n) is 2.67. The van der Waals surface area contributed by atoms with Gasteiger partial charge in [0.2, 0.25) is 0 Å². The van der Waals surface area contributed by atoms with Gasteiger partial charge >= 0.3 is 0 Å². The molecule has 2 nitrogen and oxygen atoms in total. The minimum atomic E-state index is 0.579. The third kappa shape index (κ3) is 1.67. The maximum Gasteiger partial charge on any atom is 0.129 e. The average Bonchev–Trinajstić information content (AvgIpc) is 2.76. The van der Waals surface area contributed by atoms with Crippen molar-refractivity contribution in [3.63, 3.8) is 0 Å². The highest BCUT2D eigenvalue weighted by Crippen LogP contribution is 2.38. The van der Waals surface area contributed by atoms with Crippen molar-refractivity contribution >= 4 is 5.84 Å². The van der Waals surface area contributed by atoms with E-state index in [9.17, 15) is 0 Å². The van der Waals surface area contributed by atoms with Gasteiger partial charge in [-0.1, -0.05) is 5.57 Å². The number of amidine groups is 1. The zero-order valence-corrected chi connectivity index (χ0v) is 8.28. The molecule has 13 heavy (non-hydrogen) atoms. The summed E-state index contributed by atoms with van der Waals surface area (Å²) < 4.78 is 0. The molecule has 0 radical (unpaired) electrons. The standard InChI is InChI=1S/C11H16N2/c1-7(2)10-9(5-8-3-4-8)6-13-11(10)12/h6,8H,3-5H2,1-2H3,(H2,12,13). The highest BCUT2D eigenvalue weighted by atomic mass is 14.9. The van der Waals surface area contributed by atoms with E-state index < -0.39 is 0 Å². The van der Waals surface area contributed by atoms with Gasteiger partial charge in [-0.3, -0.25) is 5.41 Å². The van der Waals surface area contributed by atoms with E-state index in [0.717, 1.165) is 17.9 Å². The predicted octanol–water partition coefficient (Wildman–Crippen LogP) is 2.59. The molecule has 0 aromatic heterocycles. The zero-order valence-electron chi connectivity index (χ0n) is 8.28. The average molecular weight is 176 g/mol. The summed E-state index contributed by atoms with van der Waals surface area (Å²) in [6.45, 7) is 4.16. The first-order chi connectivity index (χ1) is 6.18. The lowest BCUT2D eigenvalue weighted by Crippen LogP contribution is -2.11. The fourth-order valence-electron chi connectivity index (χ4n) is 1.83. The van der Waals surface area contributed by atoms with E-state index in [1.165, 1.54) is 24.0 Å². The Morgan fingerprint density at radius 2 is 2.23 bits per heavy atom. The molecule has 0 unspecified atom stereocenters. The van der Waals surface area contributed by atoms with Crippen molar-refractivity contribution < 1.29 is 0 Å². The van der Waals surface area contributed by atoms with Crippen molar-refractivity contribution in [2.75, 3.05) is 0 Å². The first-order valence-corrected chi connectivity index (χ1v) is 4.91. The Labute approximate surface area is 79.2 Å². The molecule has 0 spiro atoms. The van der Waals surface area contributed by atoms with Crippen molar-refractivity contribution in [1.82, 2.24) is 5.32 Å². The van der Waals surface area contributed by atoms with Crippen molar-refractivity contribution in [3.8, 4) is 0 Å². The maximum absolute atomic E-state index is 7.71. The fraction of sp³-hybridized carbons (Fsp3) is 0.545. The van der Waals surface area contributed by atoms with Crippen LogP contribution in [0.25, 0.3) is 0 Å². The van der Waals surface area contributed by atoms with Crippen LogP contribution in [-0.4, -0.2) is 5.84 Å². The van der Waals surface area contributed by atoms with Crippen LogP contribution in [-0.2, 0) is 0 Å². The fourth-order valence-corrected chi connectivity index (χ4v) is 1.83. The Hall–Kier alpha value is -1.05. The molecule has 1 fully saturated rings. The number of nitrogens with one attached hydrogen (secondary N) is 2. The van der Waals surface area contributed by atoms with Crippen molar-refractivity contribution in [2.45, 2.75) is 33.1 Å². The van der Waals surface area contributed by atoms with Gasteiger partial charge in [-0.25, -0.2) is 0 Å².